The lowest BCUT2D eigenvalue weighted by molar-refractivity contribution is 0.408. The van der Waals surface area contributed by atoms with E-state index >= 15 is 0 Å². The maximum atomic E-state index is 9.60. The molecule has 2 nitrogen and oxygen atoms in total. The third kappa shape index (κ3) is 2.74. The summed E-state index contributed by atoms with van der Waals surface area (Å²) in [4.78, 5) is 1.22. The number of aromatic hydroxyl groups is 1. The van der Waals surface area contributed by atoms with Crippen LogP contribution in [-0.4, -0.2) is 18.5 Å². The Morgan fingerprint density at radius 1 is 1.00 bits per heavy atom. The van der Waals surface area contributed by atoms with E-state index in [1.54, 1.807) is 31.0 Å². The molecule has 0 unspecified atom stereocenters. The van der Waals surface area contributed by atoms with Crippen molar-refractivity contribution in [3.05, 3.63) is 42.5 Å². The van der Waals surface area contributed by atoms with E-state index in [0.717, 1.165) is 11.1 Å². The van der Waals surface area contributed by atoms with Crippen LogP contribution in [0.3, 0.4) is 0 Å². The van der Waals surface area contributed by atoms with Crippen molar-refractivity contribution in [1.82, 2.24) is 0 Å². The highest BCUT2D eigenvalue weighted by molar-refractivity contribution is 7.98. The smallest absolute Gasteiger partial charge is 0.123 e. The van der Waals surface area contributed by atoms with E-state index < -0.39 is 0 Å². The van der Waals surface area contributed by atoms with Crippen molar-refractivity contribution < 1.29 is 9.84 Å². The van der Waals surface area contributed by atoms with Gasteiger partial charge in [-0.2, -0.15) is 0 Å². The Morgan fingerprint density at radius 2 is 1.71 bits per heavy atom. The van der Waals surface area contributed by atoms with Gasteiger partial charge >= 0.3 is 0 Å². The van der Waals surface area contributed by atoms with E-state index in [2.05, 4.69) is 12.1 Å². The van der Waals surface area contributed by atoms with Crippen molar-refractivity contribution >= 4 is 11.8 Å². The van der Waals surface area contributed by atoms with Gasteiger partial charge in [0.15, 0.2) is 0 Å². The second-order valence-corrected chi connectivity index (χ2v) is 4.53. The molecule has 0 radical (unpaired) electrons. The molecule has 2 aromatic carbocycles. The van der Waals surface area contributed by atoms with Gasteiger partial charge in [0.1, 0.15) is 11.5 Å². The topological polar surface area (TPSA) is 29.5 Å². The highest BCUT2D eigenvalue weighted by atomic mass is 32.2. The molecule has 0 aliphatic heterocycles. The molecule has 0 aliphatic carbocycles. The van der Waals surface area contributed by atoms with Crippen LogP contribution in [0.5, 0.6) is 11.5 Å². The summed E-state index contributed by atoms with van der Waals surface area (Å²) in [5.41, 5.74) is 2.02. The van der Waals surface area contributed by atoms with Crippen LogP contribution in [0.25, 0.3) is 11.1 Å². The number of thioether (sulfide) groups is 1. The number of phenolic OH excluding ortho intramolecular Hbond substituents is 1. The zero-order valence-electron chi connectivity index (χ0n) is 9.81. The van der Waals surface area contributed by atoms with Gasteiger partial charge in [-0.1, -0.05) is 12.1 Å². The minimum atomic E-state index is 0.216. The standard InChI is InChI=1S/C14H14O2S/c1-16-13-8-11(7-12(15)9-13)10-3-5-14(17-2)6-4-10/h3-9,15H,1-2H3. The summed E-state index contributed by atoms with van der Waals surface area (Å²) >= 11 is 1.71. The molecule has 1 N–H and O–H groups in total. The predicted molar refractivity (Wildman–Crippen MR) is 71.9 cm³/mol. The first-order valence-electron chi connectivity index (χ1n) is 5.25. The molecule has 0 aliphatic rings. The number of hydrogen-bond donors (Lipinski definition) is 1. The summed E-state index contributed by atoms with van der Waals surface area (Å²) in [6.07, 6.45) is 2.05. The zero-order valence-corrected chi connectivity index (χ0v) is 10.6. The first kappa shape index (κ1) is 11.9. The summed E-state index contributed by atoms with van der Waals surface area (Å²) in [5, 5.41) is 9.60. The SMILES string of the molecule is COc1cc(O)cc(-c2ccc(SC)cc2)c1. The van der Waals surface area contributed by atoms with Crippen LogP contribution >= 0.6 is 11.8 Å². The average molecular weight is 246 g/mol. The fraction of sp³-hybridized carbons (Fsp3) is 0.143. The van der Waals surface area contributed by atoms with Gasteiger partial charge in [-0.05, 0) is 41.6 Å². The van der Waals surface area contributed by atoms with Crippen molar-refractivity contribution in [2.24, 2.45) is 0 Å². The molecule has 0 spiro atoms. The van der Waals surface area contributed by atoms with Gasteiger partial charge in [0, 0.05) is 11.0 Å². The van der Waals surface area contributed by atoms with E-state index in [-0.39, 0.29) is 5.75 Å². The normalized spacial score (nSPS) is 10.2. The lowest BCUT2D eigenvalue weighted by Gasteiger charge is -2.07. The Bertz CT molecular complexity index is 506. The molecular formula is C14H14O2S. The number of phenols is 1. The number of methoxy groups -OCH3 is 1. The zero-order chi connectivity index (χ0) is 12.3. The highest BCUT2D eigenvalue weighted by Crippen LogP contribution is 2.30. The highest BCUT2D eigenvalue weighted by Gasteiger charge is 2.03. The second-order valence-electron chi connectivity index (χ2n) is 3.65. The molecule has 17 heavy (non-hydrogen) atoms. The molecular weight excluding hydrogens is 232 g/mol. The fourth-order valence-corrected chi connectivity index (χ4v) is 2.06. The van der Waals surface area contributed by atoms with Crippen LogP contribution in [-0.2, 0) is 0 Å². The van der Waals surface area contributed by atoms with E-state index in [9.17, 15) is 5.11 Å². The third-order valence-electron chi connectivity index (χ3n) is 2.55. The van der Waals surface area contributed by atoms with Crippen LogP contribution in [0.2, 0.25) is 0 Å². The number of hydrogen-bond acceptors (Lipinski definition) is 3. The molecule has 0 saturated heterocycles. The monoisotopic (exact) mass is 246 g/mol. The number of rotatable bonds is 3. The van der Waals surface area contributed by atoms with Crippen LogP contribution in [0.4, 0.5) is 0 Å². The third-order valence-corrected chi connectivity index (χ3v) is 3.29. The van der Waals surface area contributed by atoms with Gasteiger partial charge in [0.2, 0.25) is 0 Å². The Balaban J connectivity index is 2.41. The summed E-state index contributed by atoms with van der Waals surface area (Å²) in [5.74, 6) is 0.877. The van der Waals surface area contributed by atoms with Gasteiger partial charge in [0.25, 0.3) is 0 Å². The van der Waals surface area contributed by atoms with E-state index in [1.165, 1.54) is 4.90 Å². The van der Waals surface area contributed by atoms with Gasteiger partial charge in [-0.3, -0.25) is 0 Å². The molecule has 2 rings (SSSR count). The molecule has 88 valence electrons. The predicted octanol–water partition coefficient (Wildman–Crippen LogP) is 3.79. The van der Waals surface area contributed by atoms with E-state index in [4.69, 9.17) is 4.74 Å². The van der Waals surface area contributed by atoms with Crippen LogP contribution in [0.1, 0.15) is 0 Å². The van der Waals surface area contributed by atoms with Crippen LogP contribution < -0.4 is 4.74 Å². The first-order valence-corrected chi connectivity index (χ1v) is 6.48. The van der Waals surface area contributed by atoms with Crippen molar-refractivity contribution in [3.8, 4) is 22.6 Å². The summed E-state index contributed by atoms with van der Waals surface area (Å²) in [7, 11) is 1.59. The molecule has 0 fully saturated rings. The van der Waals surface area contributed by atoms with E-state index in [1.807, 2.05) is 24.5 Å². The first-order chi connectivity index (χ1) is 8.22. The van der Waals surface area contributed by atoms with Crippen molar-refractivity contribution in [3.63, 3.8) is 0 Å². The van der Waals surface area contributed by atoms with Gasteiger partial charge in [-0.15, -0.1) is 11.8 Å². The molecule has 2 aromatic rings. The Morgan fingerprint density at radius 3 is 2.29 bits per heavy atom. The van der Waals surface area contributed by atoms with Crippen molar-refractivity contribution in [2.75, 3.05) is 13.4 Å². The number of benzene rings is 2. The second kappa shape index (κ2) is 5.15. The molecule has 0 bridgehead atoms. The lowest BCUT2D eigenvalue weighted by atomic mass is 10.1. The molecule has 0 amide bonds. The largest absolute Gasteiger partial charge is 0.508 e. The summed E-state index contributed by atoms with van der Waals surface area (Å²) in [6, 6.07) is 13.5. The van der Waals surface area contributed by atoms with Gasteiger partial charge in [-0.25, -0.2) is 0 Å². The summed E-state index contributed by atoms with van der Waals surface area (Å²) < 4.78 is 5.14. The minimum Gasteiger partial charge on any atom is -0.508 e. The van der Waals surface area contributed by atoms with Gasteiger partial charge in [0.05, 0.1) is 7.11 Å². The molecule has 0 atom stereocenters. The van der Waals surface area contributed by atoms with Crippen LogP contribution in [0, 0.1) is 0 Å². The van der Waals surface area contributed by atoms with Crippen molar-refractivity contribution in [2.45, 2.75) is 4.90 Å². The Kier molecular flexibility index (Phi) is 3.59. The summed E-state index contributed by atoms with van der Waals surface area (Å²) in [6.45, 7) is 0. The Labute approximate surface area is 105 Å². The quantitative estimate of drug-likeness (QED) is 0.835. The van der Waals surface area contributed by atoms with Crippen molar-refractivity contribution in [1.29, 1.82) is 0 Å². The average Bonchev–Trinajstić information content (AvgIpc) is 2.38. The Hall–Kier alpha value is -1.61. The molecule has 3 heteroatoms. The molecule has 0 saturated carbocycles. The fourth-order valence-electron chi connectivity index (χ4n) is 1.65. The maximum absolute atomic E-state index is 9.60. The molecule has 0 heterocycles. The minimum absolute atomic E-state index is 0.216. The lowest BCUT2D eigenvalue weighted by Crippen LogP contribution is -1.84. The maximum Gasteiger partial charge on any atom is 0.123 e. The van der Waals surface area contributed by atoms with E-state index in [0.29, 0.717) is 5.75 Å². The number of ether oxygens (including phenoxy) is 1. The molecule has 0 aromatic heterocycles. The van der Waals surface area contributed by atoms with Crippen LogP contribution in [0.15, 0.2) is 47.4 Å². The van der Waals surface area contributed by atoms with Gasteiger partial charge < -0.3 is 9.84 Å².